The minimum atomic E-state index is -0.781. The number of imide groups is 1. The second kappa shape index (κ2) is 7.15. The van der Waals surface area contributed by atoms with Gasteiger partial charge in [-0.05, 0) is 36.8 Å². The molecule has 0 unspecified atom stereocenters. The first-order chi connectivity index (χ1) is 11.9. The van der Waals surface area contributed by atoms with Gasteiger partial charge in [0.15, 0.2) is 0 Å². The third kappa shape index (κ3) is 3.56. The Bertz CT molecular complexity index is 677. The summed E-state index contributed by atoms with van der Waals surface area (Å²) in [5.41, 5.74) is 0.369. The van der Waals surface area contributed by atoms with Gasteiger partial charge >= 0.3 is 6.03 Å². The van der Waals surface area contributed by atoms with E-state index in [1.54, 1.807) is 23.3 Å². The van der Waals surface area contributed by atoms with Gasteiger partial charge in [0.05, 0.1) is 6.54 Å². The van der Waals surface area contributed by atoms with Gasteiger partial charge < -0.3 is 10.2 Å². The van der Waals surface area contributed by atoms with E-state index in [1.165, 1.54) is 0 Å². The molecule has 3 rings (SSSR count). The Morgan fingerprint density at radius 2 is 1.96 bits per heavy atom. The number of hydrogen-bond donors (Lipinski definition) is 1. The van der Waals surface area contributed by atoms with Crippen molar-refractivity contribution in [2.75, 3.05) is 13.6 Å². The van der Waals surface area contributed by atoms with Crippen molar-refractivity contribution < 1.29 is 14.4 Å². The van der Waals surface area contributed by atoms with Crippen molar-refractivity contribution in [1.82, 2.24) is 15.1 Å². The molecule has 6 nitrogen and oxygen atoms in total. The van der Waals surface area contributed by atoms with Crippen LogP contribution in [0.2, 0.25) is 0 Å². The summed E-state index contributed by atoms with van der Waals surface area (Å²) in [7, 11) is 1.71. The maximum Gasteiger partial charge on any atom is 0.325 e. The van der Waals surface area contributed by atoms with Gasteiger partial charge in [-0.15, -0.1) is 11.3 Å². The third-order valence-corrected chi connectivity index (χ3v) is 6.28. The monoisotopic (exact) mass is 363 g/mol. The summed E-state index contributed by atoms with van der Waals surface area (Å²) in [6.07, 6.45) is 5.40. The normalized spacial score (nSPS) is 19.8. The number of urea groups is 1. The Kier molecular flexibility index (Phi) is 5.13. The first kappa shape index (κ1) is 17.9. The third-order valence-electron chi connectivity index (χ3n) is 5.27. The molecule has 136 valence electrons. The van der Waals surface area contributed by atoms with Crippen molar-refractivity contribution in [2.24, 2.45) is 0 Å². The number of thiophene rings is 1. The largest absolute Gasteiger partial charge is 0.339 e. The Balaban J connectivity index is 1.65. The fraction of sp³-hybridized carbons (Fsp3) is 0.611. The summed E-state index contributed by atoms with van der Waals surface area (Å²) in [5.74, 6) is -0.449. The zero-order chi connectivity index (χ0) is 18.0. The zero-order valence-electron chi connectivity index (χ0n) is 14.8. The average Bonchev–Trinajstić information content (AvgIpc) is 2.95. The highest BCUT2D eigenvalue weighted by molar-refractivity contribution is 7.10. The fourth-order valence-corrected chi connectivity index (χ4v) is 4.57. The molecule has 1 spiro atoms. The molecule has 1 aliphatic heterocycles. The van der Waals surface area contributed by atoms with E-state index in [0.717, 1.165) is 41.0 Å². The first-order valence-electron chi connectivity index (χ1n) is 8.84. The summed E-state index contributed by atoms with van der Waals surface area (Å²) in [4.78, 5) is 41.5. The zero-order valence-corrected chi connectivity index (χ0v) is 15.7. The standard InChI is InChI=1S/C18H25N3O3S/c1-13-7-10-25-14(13)11-20(2)15(22)12-21-16(23)18(19-17(21)24)8-5-3-4-6-9-18/h7,10H,3-6,8-9,11-12H2,1-2H3,(H,19,24). The topological polar surface area (TPSA) is 69.7 Å². The SMILES string of the molecule is Cc1ccsc1CN(C)C(=O)CN1C(=O)NC2(CCCCCC2)C1=O. The van der Waals surface area contributed by atoms with Gasteiger partial charge in [-0.2, -0.15) is 0 Å². The molecule has 0 bridgehead atoms. The molecule has 7 heteroatoms. The molecule has 1 aliphatic carbocycles. The van der Waals surface area contributed by atoms with E-state index in [1.807, 2.05) is 18.4 Å². The molecule has 2 fully saturated rings. The Labute approximate surface area is 152 Å². The molecule has 2 heterocycles. The molecular weight excluding hydrogens is 338 g/mol. The van der Waals surface area contributed by atoms with Crippen LogP contribution in [0, 0.1) is 6.92 Å². The van der Waals surface area contributed by atoms with Gasteiger partial charge in [0.25, 0.3) is 5.91 Å². The van der Waals surface area contributed by atoms with Gasteiger partial charge in [0.1, 0.15) is 12.1 Å². The molecule has 1 aromatic rings. The Hall–Kier alpha value is -1.89. The molecule has 1 N–H and O–H groups in total. The number of nitrogens with one attached hydrogen (secondary N) is 1. The van der Waals surface area contributed by atoms with Gasteiger partial charge in [-0.3, -0.25) is 14.5 Å². The lowest BCUT2D eigenvalue weighted by Crippen LogP contribution is -2.47. The van der Waals surface area contributed by atoms with Gasteiger partial charge in [0.2, 0.25) is 5.91 Å². The van der Waals surface area contributed by atoms with Crippen molar-refractivity contribution in [1.29, 1.82) is 0 Å². The van der Waals surface area contributed by atoms with E-state index in [4.69, 9.17) is 0 Å². The van der Waals surface area contributed by atoms with E-state index in [2.05, 4.69) is 5.32 Å². The molecule has 2 aliphatic rings. The second-order valence-electron chi connectivity index (χ2n) is 7.09. The van der Waals surface area contributed by atoms with Crippen LogP contribution in [0.1, 0.15) is 49.0 Å². The summed E-state index contributed by atoms with van der Waals surface area (Å²) in [6.45, 7) is 2.32. The summed E-state index contributed by atoms with van der Waals surface area (Å²) < 4.78 is 0. The van der Waals surface area contributed by atoms with E-state index < -0.39 is 11.6 Å². The fourth-order valence-electron chi connectivity index (χ4n) is 3.62. The quantitative estimate of drug-likeness (QED) is 0.836. The van der Waals surface area contributed by atoms with Crippen molar-refractivity contribution in [2.45, 2.75) is 57.5 Å². The van der Waals surface area contributed by atoms with Crippen LogP contribution >= 0.6 is 11.3 Å². The number of hydrogen-bond acceptors (Lipinski definition) is 4. The maximum absolute atomic E-state index is 12.8. The smallest absolute Gasteiger partial charge is 0.325 e. The number of rotatable bonds is 4. The van der Waals surface area contributed by atoms with Gasteiger partial charge in [-0.25, -0.2) is 4.79 Å². The highest BCUT2D eigenvalue weighted by Crippen LogP contribution is 2.32. The number of carbonyl (C=O) groups excluding carboxylic acids is 3. The maximum atomic E-state index is 12.8. The molecule has 1 saturated carbocycles. The highest BCUT2D eigenvalue weighted by atomic mass is 32.1. The van der Waals surface area contributed by atoms with E-state index in [0.29, 0.717) is 19.4 Å². The van der Waals surface area contributed by atoms with Crippen LogP contribution in [-0.2, 0) is 16.1 Å². The molecule has 4 amide bonds. The van der Waals surface area contributed by atoms with Crippen molar-refractivity contribution in [3.63, 3.8) is 0 Å². The van der Waals surface area contributed by atoms with Crippen molar-refractivity contribution in [3.05, 3.63) is 21.9 Å². The van der Waals surface area contributed by atoms with Crippen LogP contribution < -0.4 is 5.32 Å². The minimum absolute atomic E-state index is 0.187. The molecular formula is C18H25N3O3S. The average molecular weight is 363 g/mol. The summed E-state index contributed by atoms with van der Waals surface area (Å²) >= 11 is 1.61. The molecule has 1 saturated heterocycles. The lowest BCUT2D eigenvalue weighted by molar-refractivity contribution is -0.138. The van der Waals surface area contributed by atoms with Crippen LogP contribution in [0.15, 0.2) is 11.4 Å². The number of nitrogens with zero attached hydrogens (tertiary/aromatic N) is 2. The van der Waals surface area contributed by atoms with Crippen LogP contribution in [0.25, 0.3) is 0 Å². The summed E-state index contributed by atoms with van der Waals surface area (Å²) in [6, 6.07) is 1.59. The van der Waals surface area contributed by atoms with Gasteiger partial charge in [0, 0.05) is 11.9 Å². The van der Waals surface area contributed by atoms with Gasteiger partial charge in [-0.1, -0.05) is 25.7 Å². The molecule has 25 heavy (non-hydrogen) atoms. The van der Waals surface area contributed by atoms with Crippen molar-refractivity contribution in [3.8, 4) is 0 Å². The number of carbonyl (C=O) groups is 3. The van der Waals surface area contributed by atoms with Crippen LogP contribution in [0.4, 0.5) is 4.79 Å². The number of amides is 4. The molecule has 0 atom stereocenters. The Morgan fingerprint density at radius 3 is 2.56 bits per heavy atom. The number of likely N-dealkylation sites (N-methyl/N-ethyl adjacent to an activating group) is 1. The van der Waals surface area contributed by atoms with E-state index >= 15 is 0 Å². The lowest BCUT2D eigenvalue weighted by atomic mass is 9.90. The summed E-state index contributed by atoms with van der Waals surface area (Å²) in [5, 5.41) is 4.87. The second-order valence-corrected chi connectivity index (χ2v) is 8.10. The van der Waals surface area contributed by atoms with E-state index in [-0.39, 0.29) is 18.4 Å². The van der Waals surface area contributed by atoms with Crippen LogP contribution in [0.5, 0.6) is 0 Å². The van der Waals surface area contributed by atoms with E-state index in [9.17, 15) is 14.4 Å². The highest BCUT2D eigenvalue weighted by Gasteiger charge is 2.51. The first-order valence-corrected chi connectivity index (χ1v) is 9.72. The minimum Gasteiger partial charge on any atom is -0.339 e. The predicted molar refractivity (Wildman–Crippen MR) is 96.2 cm³/mol. The Morgan fingerprint density at radius 1 is 1.28 bits per heavy atom. The number of aryl methyl sites for hydroxylation is 1. The predicted octanol–water partition coefficient (Wildman–Crippen LogP) is 2.66. The molecule has 1 aromatic heterocycles. The lowest BCUT2D eigenvalue weighted by Gasteiger charge is -2.25. The van der Waals surface area contributed by atoms with Crippen LogP contribution in [-0.4, -0.2) is 46.8 Å². The molecule has 0 aromatic carbocycles. The van der Waals surface area contributed by atoms with Crippen molar-refractivity contribution >= 4 is 29.2 Å². The van der Waals surface area contributed by atoms with Crippen LogP contribution in [0.3, 0.4) is 0 Å². The molecule has 0 radical (unpaired) electrons.